The van der Waals surface area contributed by atoms with Crippen molar-refractivity contribution in [2.75, 3.05) is 36.0 Å². The number of amides is 4. The van der Waals surface area contributed by atoms with Crippen LogP contribution in [0.1, 0.15) is 49.7 Å². The molecule has 4 aliphatic rings. The summed E-state index contributed by atoms with van der Waals surface area (Å²) in [4.78, 5) is 60.1. The SMILES string of the molecule is O=C1C[C@@H](N2CCC(Cc3ccccc3)CC2)C(=O)N1c1ccc(N2C(=O)C[C@H](N3CCC(Cc4ccccc4)CC3)C2=O)cc1. The Labute approximate surface area is 271 Å². The predicted molar refractivity (Wildman–Crippen MR) is 177 cm³/mol. The largest absolute Gasteiger partial charge is 0.292 e. The molecule has 4 heterocycles. The lowest BCUT2D eigenvalue weighted by molar-refractivity contribution is -0.124. The summed E-state index contributed by atoms with van der Waals surface area (Å²) in [5.41, 5.74) is 3.65. The Kier molecular flexibility index (Phi) is 8.82. The Morgan fingerprint density at radius 1 is 0.478 bits per heavy atom. The van der Waals surface area contributed by atoms with E-state index in [1.54, 1.807) is 24.3 Å². The lowest BCUT2D eigenvalue weighted by Gasteiger charge is -2.35. The van der Waals surface area contributed by atoms with Gasteiger partial charge in [0.05, 0.1) is 36.3 Å². The summed E-state index contributed by atoms with van der Waals surface area (Å²) in [7, 11) is 0. The zero-order valence-corrected chi connectivity index (χ0v) is 26.3. The fourth-order valence-electron chi connectivity index (χ4n) is 7.93. The van der Waals surface area contributed by atoms with Crippen LogP contribution in [0.25, 0.3) is 0 Å². The van der Waals surface area contributed by atoms with Gasteiger partial charge in [-0.25, -0.2) is 9.80 Å². The number of hydrogen-bond donors (Lipinski definition) is 0. The van der Waals surface area contributed by atoms with Crippen molar-refractivity contribution in [1.29, 1.82) is 0 Å². The Bertz CT molecular complexity index is 1440. The first-order valence-electron chi connectivity index (χ1n) is 16.8. The molecule has 4 fully saturated rings. The van der Waals surface area contributed by atoms with Crippen LogP contribution in [0.5, 0.6) is 0 Å². The summed E-state index contributed by atoms with van der Waals surface area (Å²) in [6, 6.07) is 26.9. The van der Waals surface area contributed by atoms with E-state index < -0.39 is 12.1 Å². The highest BCUT2D eigenvalue weighted by molar-refractivity contribution is 6.24. The third-order valence-electron chi connectivity index (χ3n) is 10.5. The molecule has 8 nitrogen and oxygen atoms in total. The summed E-state index contributed by atoms with van der Waals surface area (Å²) in [5.74, 6) is 0.358. The molecule has 238 valence electrons. The third kappa shape index (κ3) is 6.29. The first-order valence-corrected chi connectivity index (χ1v) is 16.8. The number of hydrogen-bond acceptors (Lipinski definition) is 6. The van der Waals surface area contributed by atoms with E-state index in [4.69, 9.17) is 0 Å². The van der Waals surface area contributed by atoms with Crippen LogP contribution < -0.4 is 9.80 Å². The number of carbonyl (C=O) groups excluding carboxylic acids is 4. The first kappa shape index (κ1) is 30.5. The minimum absolute atomic E-state index is 0.177. The van der Waals surface area contributed by atoms with Gasteiger partial charge in [-0.05, 0) is 112 Å². The van der Waals surface area contributed by atoms with Crippen LogP contribution in [0.4, 0.5) is 11.4 Å². The van der Waals surface area contributed by atoms with Crippen LogP contribution in [-0.2, 0) is 32.0 Å². The van der Waals surface area contributed by atoms with Crippen molar-refractivity contribution in [2.45, 2.75) is 63.5 Å². The van der Waals surface area contributed by atoms with Crippen LogP contribution in [0.3, 0.4) is 0 Å². The molecule has 0 bridgehead atoms. The molecule has 4 aliphatic heterocycles. The van der Waals surface area contributed by atoms with Crippen molar-refractivity contribution in [1.82, 2.24) is 9.80 Å². The second-order valence-electron chi connectivity index (χ2n) is 13.4. The molecule has 0 aliphatic carbocycles. The average Bonchev–Trinajstić information content (AvgIpc) is 3.55. The average molecular weight is 619 g/mol. The van der Waals surface area contributed by atoms with Crippen molar-refractivity contribution >= 4 is 35.0 Å². The van der Waals surface area contributed by atoms with Crippen LogP contribution in [-0.4, -0.2) is 71.7 Å². The highest BCUT2D eigenvalue weighted by Crippen LogP contribution is 2.33. The standard InChI is InChI=1S/C38H42N4O4/c43-35-25-33(39-19-15-29(16-20-39)23-27-7-3-1-4-8-27)37(45)41(35)31-11-13-32(14-12-31)42-36(44)26-34(38(42)46)40-21-17-30(18-22-40)24-28-9-5-2-6-10-28/h1-14,29-30,33-34H,15-26H2/t33-,34+. The van der Waals surface area contributed by atoms with E-state index in [0.29, 0.717) is 23.2 Å². The second-order valence-corrected chi connectivity index (χ2v) is 13.4. The maximum Gasteiger partial charge on any atom is 0.251 e. The summed E-state index contributed by atoms with van der Waals surface area (Å²) >= 11 is 0. The predicted octanol–water partition coefficient (Wildman–Crippen LogP) is 4.86. The van der Waals surface area contributed by atoms with Crippen molar-refractivity contribution in [3.63, 3.8) is 0 Å². The van der Waals surface area contributed by atoms with Crippen molar-refractivity contribution < 1.29 is 19.2 Å². The fourth-order valence-corrected chi connectivity index (χ4v) is 7.93. The topological polar surface area (TPSA) is 81.2 Å². The molecular formula is C38H42N4O4. The van der Waals surface area contributed by atoms with Gasteiger partial charge in [-0.3, -0.25) is 29.0 Å². The molecule has 0 saturated carbocycles. The highest BCUT2D eigenvalue weighted by Gasteiger charge is 2.45. The Morgan fingerprint density at radius 2 is 0.826 bits per heavy atom. The van der Waals surface area contributed by atoms with Gasteiger partial charge in [0, 0.05) is 0 Å². The van der Waals surface area contributed by atoms with E-state index in [2.05, 4.69) is 58.3 Å². The van der Waals surface area contributed by atoms with Gasteiger partial charge in [0.2, 0.25) is 11.8 Å². The summed E-state index contributed by atoms with van der Waals surface area (Å²) < 4.78 is 0. The molecule has 0 spiro atoms. The van der Waals surface area contributed by atoms with E-state index >= 15 is 0 Å². The van der Waals surface area contributed by atoms with Crippen LogP contribution in [0.2, 0.25) is 0 Å². The molecule has 0 unspecified atom stereocenters. The number of nitrogens with zero attached hydrogens (tertiary/aromatic N) is 4. The quantitative estimate of drug-likeness (QED) is 0.336. The maximum atomic E-state index is 13.5. The summed E-state index contributed by atoms with van der Waals surface area (Å²) in [6.45, 7) is 3.22. The number of rotatable bonds is 8. The zero-order chi connectivity index (χ0) is 31.6. The lowest BCUT2D eigenvalue weighted by Crippen LogP contribution is -2.46. The van der Waals surface area contributed by atoms with Gasteiger partial charge in [0.15, 0.2) is 0 Å². The van der Waals surface area contributed by atoms with E-state index in [-0.39, 0.29) is 36.5 Å². The monoisotopic (exact) mass is 618 g/mol. The van der Waals surface area contributed by atoms with E-state index in [1.807, 2.05) is 12.1 Å². The van der Waals surface area contributed by atoms with Gasteiger partial charge in [0.25, 0.3) is 11.8 Å². The Morgan fingerprint density at radius 3 is 1.17 bits per heavy atom. The smallest absolute Gasteiger partial charge is 0.251 e. The normalized spacial score (nSPS) is 24.0. The van der Waals surface area contributed by atoms with Gasteiger partial charge in [-0.2, -0.15) is 0 Å². The molecule has 0 N–H and O–H groups in total. The molecule has 3 aromatic carbocycles. The Balaban J connectivity index is 0.940. The number of anilines is 2. The van der Waals surface area contributed by atoms with Crippen molar-refractivity contribution in [3.05, 3.63) is 96.1 Å². The summed E-state index contributed by atoms with van der Waals surface area (Å²) in [5, 5.41) is 0. The number of carbonyl (C=O) groups is 4. The number of likely N-dealkylation sites (tertiary alicyclic amines) is 2. The van der Waals surface area contributed by atoms with E-state index in [9.17, 15) is 19.2 Å². The lowest BCUT2D eigenvalue weighted by atomic mass is 9.89. The molecule has 8 heteroatoms. The van der Waals surface area contributed by atoms with Gasteiger partial charge < -0.3 is 0 Å². The fraction of sp³-hybridized carbons (Fsp3) is 0.421. The summed E-state index contributed by atoms with van der Waals surface area (Å²) in [6.07, 6.45) is 6.46. The van der Waals surface area contributed by atoms with Gasteiger partial charge in [0.1, 0.15) is 0 Å². The minimum atomic E-state index is -0.441. The molecule has 0 radical (unpaired) electrons. The molecule has 4 saturated heterocycles. The molecule has 4 amide bonds. The molecule has 46 heavy (non-hydrogen) atoms. The van der Waals surface area contributed by atoms with Gasteiger partial charge in [-0.1, -0.05) is 60.7 Å². The first-order chi connectivity index (χ1) is 22.4. The van der Waals surface area contributed by atoms with Crippen LogP contribution in [0, 0.1) is 11.8 Å². The molecule has 0 aromatic heterocycles. The van der Waals surface area contributed by atoms with Crippen LogP contribution >= 0.6 is 0 Å². The number of benzene rings is 3. The van der Waals surface area contributed by atoms with E-state index in [0.717, 1.165) is 64.7 Å². The van der Waals surface area contributed by atoms with Crippen LogP contribution in [0.15, 0.2) is 84.9 Å². The third-order valence-corrected chi connectivity index (χ3v) is 10.5. The maximum absolute atomic E-state index is 13.5. The van der Waals surface area contributed by atoms with E-state index in [1.165, 1.54) is 20.9 Å². The highest BCUT2D eigenvalue weighted by atomic mass is 16.2. The Hall–Kier alpha value is -4.14. The van der Waals surface area contributed by atoms with Gasteiger partial charge in [-0.15, -0.1) is 0 Å². The minimum Gasteiger partial charge on any atom is -0.292 e. The zero-order valence-electron chi connectivity index (χ0n) is 26.3. The molecular weight excluding hydrogens is 576 g/mol. The molecule has 3 aromatic rings. The molecule has 7 rings (SSSR count). The number of imide groups is 2. The number of piperidine rings is 2. The van der Waals surface area contributed by atoms with Crippen molar-refractivity contribution in [2.24, 2.45) is 11.8 Å². The van der Waals surface area contributed by atoms with Crippen molar-refractivity contribution in [3.8, 4) is 0 Å². The second kappa shape index (κ2) is 13.3. The molecule has 2 atom stereocenters. The van der Waals surface area contributed by atoms with Gasteiger partial charge >= 0.3 is 0 Å².